The predicted octanol–water partition coefficient (Wildman–Crippen LogP) is -0.396. The van der Waals surface area contributed by atoms with Gasteiger partial charge in [0, 0.05) is 6.21 Å². The van der Waals surface area contributed by atoms with E-state index in [1.165, 1.54) is 6.21 Å². The molecule has 3 nitrogen and oxygen atoms in total. The molecule has 0 aromatic rings. The molecule has 0 fully saturated rings. The zero-order valence-corrected chi connectivity index (χ0v) is 4.18. The summed E-state index contributed by atoms with van der Waals surface area (Å²) in [7, 11) is -2.53. The van der Waals surface area contributed by atoms with Crippen molar-refractivity contribution in [3.8, 4) is 0 Å². The molecule has 0 heterocycles. The van der Waals surface area contributed by atoms with Crippen LogP contribution in [0.5, 0.6) is 0 Å². The highest BCUT2D eigenvalue weighted by molar-refractivity contribution is 7.71. The summed E-state index contributed by atoms with van der Waals surface area (Å²) in [4.78, 5) is 0. The highest BCUT2D eigenvalue weighted by atomic mass is 32.2. The van der Waals surface area contributed by atoms with E-state index in [-0.39, 0.29) is 0 Å². The van der Waals surface area contributed by atoms with E-state index in [9.17, 15) is 8.42 Å². The van der Waals surface area contributed by atoms with Gasteiger partial charge in [-0.3, -0.25) is 0 Å². The molecule has 0 N–H and O–H groups in total. The lowest BCUT2D eigenvalue weighted by molar-refractivity contribution is 0.616. The fourth-order valence-electron chi connectivity index (χ4n) is 0.0943. The fraction of sp³-hybridized carbons (Fsp3) is 0.500. The largest absolute Gasteiger partial charge is 0.242 e. The maximum absolute atomic E-state index is 9.44. The van der Waals surface area contributed by atoms with E-state index in [0.29, 0.717) is 0 Å². The first kappa shape index (κ1) is 5.62. The zero-order valence-electron chi connectivity index (χ0n) is 3.29. The predicted molar refractivity (Wildman–Crippen MR) is 24.5 cm³/mol. The summed E-state index contributed by atoms with van der Waals surface area (Å²) in [5.41, 5.74) is 0. The van der Waals surface area contributed by atoms with Crippen LogP contribution in [0.25, 0.3) is 0 Å². The smallest absolute Gasteiger partial charge is 0.208 e. The maximum Gasteiger partial charge on any atom is 0.242 e. The van der Waals surface area contributed by atoms with Crippen LogP contribution >= 0.6 is 0 Å². The molecule has 0 radical (unpaired) electrons. The van der Waals surface area contributed by atoms with Crippen LogP contribution in [0.1, 0.15) is 6.92 Å². The summed E-state index contributed by atoms with van der Waals surface area (Å²) in [5, 5.41) is 0. The molecule has 0 unspecified atom stereocenters. The second-order valence-electron chi connectivity index (χ2n) is 0.612. The number of thiol groups is 1. The Hall–Kier alpha value is -0.380. The minimum atomic E-state index is -2.53. The van der Waals surface area contributed by atoms with Gasteiger partial charge in [0.05, 0.1) is 0 Å². The number of rotatable bonds is 1. The lowest BCUT2D eigenvalue weighted by Gasteiger charge is -1.59. The summed E-state index contributed by atoms with van der Waals surface area (Å²) in [6, 6.07) is 0. The molecule has 0 saturated heterocycles. The molecule has 6 heavy (non-hydrogen) atoms. The first-order valence-electron chi connectivity index (χ1n) is 1.40. The molecule has 0 aromatic heterocycles. The summed E-state index contributed by atoms with van der Waals surface area (Å²) in [6.07, 6.45) is 1.23. The molecule has 0 atom stereocenters. The molecule has 0 aliphatic carbocycles. The molecule has 0 aliphatic heterocycles. The van der Waals surface area contributed by atoms with Crippen LogP contribution in [0, 0.1) is 0 Å². The Bertz CT molecular complexity index is 107. The molecule has 0 bridgehead atoms. The molecule has 0 saturated carbocycles. The van der Waals surface area contributed by atoms with Crippen molar-refractivity contribution in [2.45, 2.75) is 6.92 Å². The fourth-order valence-corrected chi connectivity index (χ4v) is 0.283. The first-order chi connectivity index (χ1) is 2.77. The van der Waals surface area contributed by atoms with Crippen molar-refractivity contribution in [2.75, 3.05) is 0 Å². The summed E-state index contributed by atoms with van der Waals surface area (Å²) < 4.78 is 21.8. The van der Waals surface area contributed by atoms with Gasteiger partial charge in [0.1, 0.15) is 0 Å². The van der Waals surface area contributed by atoms with E-state index >= 15 is 0 Å². The summed E-state index contributed by atoms with van der Waals surface area (Å²) in [5.74, 6) is 0. The monoisotopic (exact) mass is 107 g/mol. The van der Waals surface area contributed by atoms with Crippen LogP contribution in [0.4, 0.5) is 0 Å². The van der Waals surface area contributed by atoms with Gasteiger partial charge in [0.25, 0.3) is 0 Å². The molecular weight excluding hydrogens is 102 g/mol. The van der Waals surface area contributed by atoms with Crippen molar-refractivity contribution in [2.24, 2.45) is 4.40 Å². The van der Waals surface area contributed by atoms with Crippen molar-refractivity contribution in [3.63, 3.8) is 0 Å². The lowest BCUT2D eigenvalue weighted by Crippen LogP contribution is -1.63. The third kappa shape index (κ3) is 3.62. The van der Waals surface area contributed by atoms with Gasteiger partial charge in [-0.25, -0.2) is 8.42 Å². The minimum Gasteiger partial charge on any atom is -0.208 e. The SMILES string of the molecule is CC=N[SH](=O)=O. The van der Waals surface area contributed by atoms with Gasteiger partial charge < -0.3 is 0 Å². The van der Waals surface area contributed by atoms with E-state index in [1.54, 1.807) is 6.92 Å². The Balaban J connectivity index is 3.62. The van der Waals surface area contributed by atoms with Crippen molar-refractivity contribution in [3.05, 3.63) is 0 Å². The maximum atomic E-state index is 9.44. The van der Waals surface area contributed by atoms with Gasteiger partial charge >= 0.3 is 0 Å². The van der Waals surface area contributed by atoms with Gasteiger partial charge in [-0.2, -0.15) is 4.40 Å². The van der Waals surface area contributed by atoms with Crippen molar-refractivity contribution < 1.29 is 8.42 Å². The third-order valence-corrected chi connectivity index (χ3v) is 0.629. The topological polar surface area (TPSA) is 46.5 Å². The number of hydrogen-bond donors (Lipinski definition) is 1. The van der Waals surface area contributed by atoms with Crippen molar-refractivity contribution >= 4 is 17.1 Å². The van der Waals surface area contributed by atoms with E-state index in [0.717, 1.165) is 0 Å². The van der Waals surface area contributed by atoms with Crippen LogP contribution in [0.3, 0.4) is 0 Å². The van der Waals surface area contributed by atoms with E-state index in [4.69, 9.17) is 0 Å². The normalized spacial score (nSPS) is 11.0. The van der Waals surface area contributed by atoms with Gasteiger partial charge in [-0.1, -0.05) is 0 Å². The van der Waals surface area contributed by atoms with Gasteiger partial charge in [-0.15, -0.1) is 0 Å². The molecule has 0 aromatic carbocycles. The van der Waals surface area contributed by atoms with E-state index in [1.807, 2.05) is 0 Å². The average molecular weight is 107 g/mol. The van der Waals surface area contributed by atoms with Crippen LogP contribution in [-0.4, -0.2) is 14.6 Å². The Labute approximate surface area is 37.8 Å². The van der Waals surface area contributed by atoms with Crippen molar-refractivity contribution in [1.82, 2.24) is 0 Å². The molecular formula is C2H5NO2S. The van der Waals surface area contributed by atoms with Crippen LogP contribution in [0.15, 0.2) is 4.40 Å². The first-order valence-corrected chi connectivity index (χ1v) is 2.53. The molecule has 0 rings (SSSR count). The standard InChI is InChI=1S/C2H5NO2S/c1-2-3-6(4)5/h2,6H,1H3. The molecule has 0 amide bonds. The third-order valence-electron chi connectivity index (χ3n) is 0.210. The number of hydrogen-bond acceptors (Lipinski definition) is 2. The summed E-state index contributed by atoms with van der Waals surface area (Å²) >= 11 is 0. The highest BCUT2D eigenvalue weighted by Gasteiger charge is 1.60. The summed E-state index contributed by atoms with van der Waals surface area (Å²) in [6.45, 7) is 1.55. The Kier molecular flexibility index (Phi) is 2.66. The van der Waals surface area contributed by atoms with Crippen LogP contribution in [-0.2, 0) is 10.9 Å². The van der Waals surface area contributed by atoms with Gasteiger partial charge in [0.2, 0.25) is 10.9 Å². The number of nitrogens with zero attached hydrogens (tertiary/aromatic N) is 1. The van der Waals surface area contributed by atoms with Gasteiger partial charge in [0.15, 0.2) is 0 Å². The second kappa shape index (κ2) is 2.84. The minimum absolute atomic E-state index is 1.23. The van der Waals surface area contributed by atoms with Crippen molar-refractivity contribution in [1.29, 1.82) is 0 Å². The van der Waals surface area contributed by atoms with Gasteiger partial charge in [-0.05, 0) is 6.92 Å². The second-order valence-corrected chi connectivity index (χ2v) is 1.32. The zero-order chi connectivity index (χ0) is 4.99. The molecule has 0 spiro atoms. The Morgan fingerprint density at radius 3 is 2.17 bits per heavy atom. The molecule has 36 valence electrons. The highest BCUT2D eigenvalue weighted by Crippen LogP contribution is 1.57. The average Bonchev–Trinajstić information content (AvgIpc) is 1.35. The van der Waals surface area contributed by atoms with E-state index in [2.05, 4.69) is 4.40 Å². The molecule has 0 aliphatic rings. The quantitative estimate of drug-likeness (QED) is 0.366. The van der Waals surface area contributed by atoms with E-state index < -0.39 is 10.9 Å². The Morgan fingerprint density at radius 2 is 2.17 bits per heavy atom. The van der Waals surface area contributed by atoms with Crippen LogP contribution < -0.4 is 0 Å². The lowest BCUT2D eigenvalue weighted by atomic mass is 10.9. The Morgan fingerprint density at radius 1 is 1.67 bits per heavy atom. The molecule has 4 heteroatoms. The van der Waals surface area contributed by atoms with Crippen LogP contribution in [0.2, 0.25) is 0 Å².